The molecule has 1 aromatic heterocycles. The molecule has 0 radical (unpaired) electrons. The summed E-state index contributed by atoms with van der Waals surface area (Å²) in [6, 6.07) is 11.7. The molecule has 1 N–H and O–H groups in total. The minimum Gasteiger partial charge on any atom is -0.475 e. The van der Waals surface area contributed by atoms with Gasteiger partial charge in [-0.05, 0) is 37.0 Å². The van der Waals surface area contributed by atoms with E-state index in [9.17, 15) is 22.8 Å². The van der Waals surface area contributed by atoms with Crippen molar-refractivity contribution in [1.29, 1.82) is 0 Å². The molecule has 0 bridgehead atoms. The SMILES string of the molecule is CN1CC(=O)N(c2ccccc2)CC12CCN(C(=O)c1ccsc1)C2.O=C(O)C(F)(F)F. The number of hydrogen-bond donors (Lipinski definition) is 1. The number of aliphatic carboxylic acids is 1. The van der Waals surface area contributed by atoms with E-state index in [1.165, 1.54) is 0 Å². The highest BCUT2D eigenvalue weighted by Gasteiger charge is 2.48. The summed E-state index contributed by atoms with van der Waals surface area (Å²) in [5.74, 6) is -2.55. The highest BCUT2D eigenvalue weighted by molar-refractivity contribution is 7.08. The van der Waals surface area contributed by atoms with E-state index >= 15 is 0 Å². The number of piperazine rings is 1. The van der Waals surface area contributed by atoms with Gasteiger partial charge in [0, 0.05) is 30.7 Å². The Hall–Kier alpha value is -2.92. The van der Waals surface area contributed by atoms with Gasteiger partial charge in [0.25, 0.3) is 5.91 Å². The fourth-order valence-electron chi connectivity index (χ4n) is 3.84. The van der Waals surface area contributed by atoms with E-state index in [2.05, 4.69) is 4.90 Å². The Morgan fingerprint density at radius 2 is 1.78 bits per heavy atom. The lowest BCUT2D eigenvalue weighted by molar-refractivity contribution is -0.192. The first-order chi connectivity index (χ1) is 15.0. The zero-order valence-electron chi connectivity index (χ0n) is 17.2. The summed E-state index contributed by atoms with van der Waals surface area (Å²) in [7, 11) is 2.00. The number of alkyl halides is 3. The zero-order chi connectivity index (χ0) is 23.5. The molecule has 0 saturated carbocycles. The minimum absolute atomic E-state index is 0.0923. The molecule has 2 saturated heterocycles. The van der Waals surface area contributed by atoms with Crippen molar-refractivity contribution >= 4 is 34.8 Å². The van der Waals surface area contributed by atoms with Crippen molar-refractivity contribution in [3.05, 3.63) is 52.7 Å². The molecule has 172 valence electrons. The van der Waals surface area contributed by atoms with Crippen LogP contribution in [-0.4, -0.2) is 77.6 Å². The summed E-state index contributed by atoms with van der Waals surface area (Å²) in [5.41, 5.74) is 1.52. The quantitative estimate of drug-likeness (QED) is 0.732. The van der Waals surface area contributed by atoms with Crippen LogP contribution in [-0.2, 0) is 9.59 Å². The van der Waals surface area contributed by atoms with Crippen molar-refractivity contribution in [1.82, 2.24) is 9.80 Å². The number of likely N-dealkylation sites (tertiary alicyclic amines) is 1. The second kappa shape index (κ2) is 9.29. The molecule has 1 spiro atoms. The molecule has 3 heterocycles. The predicted octanol–water partition coefficient (Wildman–Crippen LogP) is 2.94. The standard InChI is InChI=1S/C19H21N3O2S.C2HF3O2/c1-20-11-17(23)22(16-5-3-2-4-6-16)14-19(20)8-9-21(13-19)18(24)15-7-10-25-12-15;3-2(4,5)1(6)7/h2-7,10,12H,8-9,11,13-14H2,1H3;(H,6,7). The molecule has 4 rings (SSSR count). The van der Waals surface area contributed by atoms with Gasteiger partial charge < -0.3 is 14.9 Å². The third-order valence-electron chi connectivity index (χ3n) is 5.63. The van der Waals surface area contributed by atoms with E-state index in [-0.39, 0.29) is 17.4 Å². The largest absolute Gasteiger partial charge is 0.490 e. The maximum absolute atomic E-state index is 12.7. The molecule has 1 unspecified atom stereocenters. The number of anilines is 1. The lowest BCUT2D eigenvalue weighted by Gasteiger charge is -2.46. The molecule has 2 amide bonds. The summed E-state index contributed by atoms with van der Waals surface area (Å²) in [4.78, 5) is 40.1. The number of benzene rings is 1. The Labute approximate surface area is 186 Å². The number of carboxylic acids is 1. The van der Waals surface area contributed by atoms with Gasteiger partial charge in [0.2, 0.25) is 5.91 Å². The Morgan fingerprint density at radius 3 is 2.34 bits per heavy atom. The van der Waals surface area contributed by atoms with Crippen molar-refractivity contribution in [3.63, 3.8) is 0 Å². The van der Waals surface area contributed by atoms with Crippen LogP contribution < -0.4 is 4.90 Å². The third kappa shape index (κ3) is 5.10. The van der Waals surface area contributed by atoms with Crippen LogP contribution in [0.4, 0.5) is 18.9 Å². The van der Waals surface area contributed by atoms with Gasteiger partial charge in [-0.15, -0.1) is 0 Å². The second-order valence-corrected chi connectivity index (χ2v) is 8.47. The van der Waals surface area contributed by atoms with E-state index in [0.29, 0.717) is 19.6 Å². The third-order valence-corrected chi connectivity index (χ3v) is 6.32. The number of hydrogen-bond acceptors (Lipinski definition) is 5. The predicted molar refractivity (Wildman–Crippen MR) is 113 cm³/mol. The molecule has 32 heavy (non-hydrogen) atoms. The highest BCUT2D eigenvalue weighted by Crippen LogP contribution is 2.34. The van der Waals surface area contributed by atoms with Crippen molar-refractivity contribution < 1.29 is 32.7 Å². The van der Waals surface area contributed by atoms with Crippen LogP contribution >= 0.6 is 11.3 Å². The Balaban J connectivity index is 0.000000360. The van der Waals surface area contributed by atoms with Crippen molar-refractivity contribution in [2.24, 2.45) is 0 Å². The van der Waals surface area contributed by atoms with Crippen molar-refractivity contribution in [2.45, 2.75) is 18.1 Å². The number of carboxylic acid groups (broad SMARTS) is 1. The summed E-state index contributed by atoms with van der Waals surface area (Å²) in [6.45, 7) is 2.40. The summed E-state index contributed by atoms with van der Waals surface area (Å²) >= 11 is 1.54. The van der Waals surface area contributed by atoms with Gasteiger partial charge in [-0.1, -0.05) is 18.2 Å². The highest BCUT2D eigenvalue weighted by atomic mass is 32.1. The molecular weight excluding hydrogens is 447 g/mol. The molecular formula is C21H22F3N3O4S. The number of halogens is 3. The van der Waals surface area contributed by atoms with E-state index in [1.807, 2.05) is 64.0 Å². The van der Waals surface area contributed by atoms with Crippen LogP contribution in [0.3, 0.4) is 0 Å². The van der Waals surface area contributed by atoms with Crippen LogP contribution in [0, 0.1) is 0 Å². The lowest BCUT2D eigenvalue weighted by atomic mass is 9.92. The average Bonchev–Trinajstić information content (AvgIpc) is 3.42. The first kappa shape index (κ1) is 23.7. The summed E-state index contributed by atoms with van der Waals surface area (Å²) < 4.78 is 31.7. The Kier molecular flexibility index (Phi) is 6.89. The van der Waals surface area contributed by atoms with Crippen LogP contribution in [0.5, 0.6) is 0 Å². The van der Waals surface area contributed by atoms with Crippen LogP contribution in [0.15, 0.2) is 47.2 Å². The zero-order valence-corrected chi connectivity index (χ0v) is 18.0. The summed E-state index contributed by atoms with van der Waals surface area (Å²) in [6.07, 6.45) is -4.20. The minimum atomic E-state index is -5.08. The molecule has 2 aromatic rings. The molecule has 11 heteroatoms. The van der Waals surface area contributed by atoms with Gasteiger partial charge in [0.1, 0.15) is 0 Å². The molecule has 7 nitrogen and oxygen atoms in total. The fourth-order valence-corrected chi connectivity index (χ4v) is 4.47. The van der Waals surface area contributed by atoms with E-state index < -0.39 is 12.1 Å². The van der Waals surface area contributed by atoms with Crippen LogP contribution in [0.2, 0.25) is 0 Å². The lowest BCUT2D eigenvalue weighted by Crippen LogP contribution is -2.64. The number of rotatable bonds is 2. The monoisotopic (exact) mass is 469 g/mol. The van der Waals surface area contributed by atoms with Crippen LogP contribution in [0.25, 0.3) is 0 Å². The van der Waals surface area contributed by atoms with Gasteiger partial charge in [-0.2, -0.15) is 24.5 Å². The number of likely N-dealkylation sites (N-methyl/N-ethyl adjacent to an activating group) is 1. The fraction of sp³-hybridized carbons (Fsp3) is 0.381. The first-order valence-corrected chi connectivity index (χ1v) is 10.7. The first-order valence-electron chi connectivity index (χ1n) is 9.72. The maximum Gasteiger partial charge on any atom is 0.490 e. The average molecular weight is 469 g/mol. The maximum atomic E-state index is 12.7. The van der Waals surface area contributed by atoms with Crippen molar-refractivity contribution in [3.8, 4) is 0 Å². The van der Waals surface area contributed by atoms with Gasteiger partial charge >= 0.3 is 12.1 Å². The smallest absolute Gasteiger partial charge is 0.475 e. The number of para-hydroxylation sites is 1. The molecule has 1 atom stereocenters. The van der Waals surface area contributed by atoms with Gasteiger partial charge in [-0.25, -0.2) is 4.79 Å². The number of carbonyl (C=O) groups excluding carboxylic acids is 2. The Bertz CT molecular complexity index is 968. The number of amides is 2. The summed E-state index contributed by atoms with van der Waals surface area (Å²) in [5, 5.41) is 11.0. The van der Waals surface area contributed by atoms with E-state index in [1.54, 1.807) is 11.3 Å². The Morgan fingerprint density at radius 1 is 1.12 bits per heavy atom. The van der Waals surface area contributed by atoms with Gasteiger partial charge in [0.15, 0.2) is 0 Å². The van der Waals surface area contributed by atoms with E-state index in [0.717, 1.165) is 24.2 Å². The van der Waals surface area contributed by atoms with Crippen molar-refractivity contribution in [2.75, 3.05) is 38.1 Å². The molecule has 2 aliphatic heterocycles. The number of thiophene rings is 1. The second-order valence-electron chi connectivity index (χ2n) is 7.69. The molecule has 1 aromatic carbocycles. The van der Waals surface area contributed by atoms with E-state index in [4.69, 9.17) is 9.90 Å². The number of nitrogens with zero attached hydrogens (tertiary/aromatic N) is 3. The van der Waals surface area contributed by atoms with Gasteiger partial charge in [-0.3, -0.25) is 14.5 Å². The topological polar surface area (TPSA) is 81.2 Å². The molecule has 2 aliphatic rings. The molecule has 0 aliphatic carbocycles. The van der Waals surface area contributed by atoms with Gasteiger partial charge in [0.05, 0.1) is 17.6 Å². The van der Waals surface area contributed by atoms with Crippen LogP contribution in [0.1, 0.15) is 16.8 Å². The number of carbonyl (C=O) groups is 3. The normalized spacial score (nSPS) is 21.4. The molecule has 2 fully saturated rings.